The standard InChI is InChI=1S/C16H15NO5/c18-12-5-1-10(2-6-12)9-14(16(21)22)17-15(20)11-3-7-13(19)8-4-11/h1-8,14,18-19H,9H2,(H,17,20)(H,21,22)/t14-/m0/s1. The molecule has 2 rings (SSSR count). The second-order valence-corrected chi connectivity index (χ2v) is 4.78. The summed E-state index contributed by atoms with van der Waals surface area (Å²) in [6.45, 7) is 0. The van der Waals surface area contributed by atoms with Gasteiger partial charge in [-0.25, -0.2) is 4.79 Å². The van der Waals surface area contributed by atoms with Crippen molar-refractivity contribution in [2.75, 3.05) is 0 Å². The second kappa shape index (κ2) is 6.62. The van der Waals surface area contributed by atoms with E-state index < -0.39 is 17.9 Å². The molecule has 0 aliphatic rings. The van der Waals surface area contributed by atoms with Gasteiger partial charge < -0.3 is 20.6 Å². The van der Waals surface area contributed by atoms with Gasteiger partial charge in [0.2, 0.25) is 0 Å². The zero-order valence-corrected chi connectivity index (χ0v) is 11.6. The first-order valence-corrected chi connectivity index (χ1v) is 6.56. The summed E-state index contributed by atoms with van der Waals surface area (Å²) in [6, 6.07) is 10.5. The van der Waals surface area contributed by atoms with Crippen LogP contribution in [0.5, 0.6) is 11.5 Å². The molecule has 0 saturated heterocycles. The largest absolute Gasteiger partial charge is 0.508 e. The van der Waals surface area contributed by atoms with E-state index in [-0.39, 0.29) is 23.5 Å². The van der Waals surface area contributed by atoms with E-state index in [1.54, 1.807) is 12.1 Å². The predicted octanol–water partition coefficient (Wildman–Crippen LogP) is 1.52. The fourth-order valence-electron chi connectivity index (χ4n) is 1.92. The molecule has 0 aliphatic carbocycles. The molecule has 0 radical (unpaired) electrons. The summed E-state index contributed by atoms with van der Waals surface area (Å²) in [7, 11) is 0. The van der Waals surface area contributed by atoms with Crippen molar-refractivity contribution in [3.8, 4) is 11.5 Å². The first kappa shape index (κ1) is 15.4. The van der Waals surface area contributed by atoms with E-state index >= 15 is 0 Å². The normalized spacial score (nSPS) is 11.6. The van der Waals surface area contributed by atoms with Crippen molar-refractivity contribution in [2.45, 2.75) is 12.5 Å². The highest BCUT2D eigenvalue weighted by molar-refractivity contribution is 5.96. The molecule has 0 fully saturated rings. The topological polar surface area (TPSA) is 107 Å². The smallest absolute Gasteiger partial charge is 0.326 e. The van der Waals surface area contributed by atoms with Gasteiger partial charge in [-0.1, -0.05) is 12.1 Å². The molecule has 0 saturated carbocycles. The van der Waals surface area contributed by atoms with Crippen LogP contribution in [-0.4, -0.2) is 33.2 Å². The van der Waals surface area contributed by atoms with E-state index in [0.29, 0.717) is 5.56 Å². The minimum absolute atomic E-state index is 0.0235. The number of carbonyl (C=O) groups is 2. The van der Waals surface area contributed by atoms with Gasteiger partial charge in [0.1, 0.15) is 17.5 Å². The Bertz CT molecular complexity index is 664. The Morgan fingerprint density at radius 1 is 0.909 bits per heavy atom. The average Bonchev–Trinajstić information content (AvgIpc) is 2.49. The number of nitrogens with one attached hydrogen (secondary N) is 1. The lowest BCUT2D eigenvalue weighted by Gasteiger charge is -2.15. The Labute approximate surface area is 126 Å². The van der Waals surface area contributed by atoms with E-state index in [0.717, 1.165) is 0 Å². The fraction of sp³-hybridized carbons (Fsp3) is 0.125. The molecule has 22 heavy (non-hydrogen) atoms. The Balaban J connectivity index is 2.08. The van der Waals surface area contributed by atoms with Crippen LogP contribution in [-0.2, 0) is 11.2 Å². The minimum atomic E-state index is -1.15. The minimum Gasteiger partial charge on any atom is -0.508 e. The molecule has 2 aromatic carbocycles. The summed E-state index contributed by atoms with van der Waals surface area (Å²) in [5.41, 5.74) is 0.936. The van der Waals surface area contributed by atoms with Crippen molar-refractivity contribution in [3.63, 3.8) is 0 Å². The zero-order chi connectivity index (χ0) is 16.1. The molecule has 0 aromatic heterocycles. The number of aliphatic carboxylic acids is 1. The summed E-state index contributed by atoms with van der Waals surface area (Å²) < 4.78 is 0. The lowest BCUT2D eigenvalue weighted by atomic mass is 10.1. The van der Waals surface area contributed by atoms with Crippen LogP contribution in [0.25, 0.3) is 0 Å². The summed E-state index contributed by atoms with van der Waals surface area (Å²) in [5.74, 6) is -1.58. The third-order valence-electron chi connectivity index (χ3n) is 3.11. The van der Waals surface area contributed by atoms with Crippen molar-refractivity contribution in [3.05, 3.63) is 59.7 Å². The molecule has 6 nitrogen and oxygen atoms in total. The Morgan fingerprint density at radius 2 is 1.41 bits per heavy atom. The molecule has 2 aromatic rings. The highest BCUT2D eigenvalue weighted by Crippen LogP contribution is 2.13. The maximum absolute atomic E-state index is 12.0. The molecular formula is C16H15NO5. The number of carboxylic acids is 1. The molecule has 0 bridgehead atoms. The summed E-state index contributed by atoms with van der Waals surface area (Å²) in [4.78, 5) is 23.3. The predicted molar refractivity (Wildman–Crippen MR) is 78.8 cm³/mol. The first-order valence-electron chi connectivity index (χ1n) is 6.56. The molecule has 114 valence electrons. The van der Waals surface area contributed by atoms with Crippen molar-refractivity contribution >= 4 is 11.9 Å². The number of hydrogen-bond acceptors (Lipinski definition) is 4. The molecule has 0 unspecified atom stereocenters. The lowest BCUT2D eigenvalue weighted by molar-refractivity contribution is -0.139. The van der Waals surface area contributed by atoms with Gasteiger partial charge in [-0.15, -0.1) is 0 Å². The van der Waals surface area contributed by atoms with E-state index in [1.807, 2.05) is 0 Å². The van der Waals surface area contributed by atoms with Crippen LogP contribution in [0.1, 0.15) is 15.9 Å². The zero-order valence-electron chi connectivity index (χ0n) is 11.6. The maximum atomic E-state index is 12.0. The van der Waals surface area contributed by atoms with E-state index in [1.165, 1.54) is 36.4 Å². The van der Waals surface area contributed by atoms with Crippen molar-refractivity contribution < 1.29 is 24.9 Å². The van der Waals surface area contributed by atoms with Crippen LogP contribution in [0, 0.1) is 0 Å². The van der Waals surface area contributed by atoms with Crippen molar-refractivity contribution in [2.24, 2.45) is 0 Å². The highest BCUT2D eigenvalue weighted by Gasteiger charge is 2.21. The number of benzene rings is 2. The SMILES string of the molecule is O=C(N[C@@H](Cc1ccc(O)cc1)C(=O)O)c1ccc(O)cc1. The Kier molecular flexibility index (Phi) is 4.63. The van der Waals surface area contributed by atoms with Gasteiger partial charge in [-0.05, 0) is 42.0 Å². The number of amides is 1. The van der Waals surface area contributed by atoms with Crippen LogP contribution in [0.4, 0.5) is 0 Å². The number of carboxylic acid groups (broad SMARTS) is 1. The molecule has 0 spiro atoms. The number of phenolic OH excluding ortho intramolecular Hbond substituents is 2. The molecule has 0 heterocycles. The van der Waals surface area contributed by atoms with Gasteiger partial charge >= 0.3 is 5.97 Å². The second-order valence-electron chi connectivity index (χ2n) is 4.78. The quantitative estimate of drug-likeness (QED) is 0.670. The van der Waals surface area contributed by atoms with Gasteiger partial charge in [0, 0.05) is 12.0 Å². The molecule has 4 N–H and O–H groups in total. The Hall–Kier alpha value is -3.02. The average molecular weight is 301 g/mol. The molecular weight excluding hydrogens is 286 g/mol. The monoisotopic (exact) mass is 301 g/mol. The number of carbonyl (C=O) groups excluding carboxylic acids is 1. The number of aromatic hydroxyl groups is 2. The molecule has 1 amide bonds. The van der Waals surface area contributed by atoms with E-state index in [9.17, 15) is 24.9 Å². The van der Waals surface area contributed by atoms with Crippen LogP contribution in [0.2, 0.25) is 0 Å². The van der Waals surface area contributed by atoms with Crippen LogP contribution in [0.3, 0.4) is 0 Å². The number of hydrogen-bond donors (Lipinski definition) is 4. The first-order chi connectivity index (χ1) is 10.5. The maximum Gasteiger partial charge on any atom is 0.326 e. The third-order valence-corrected chi connectivity index (χ3v) is 3.11. The molecule has 1 atom stereocenters. The summed E-state index contributed by atoms with van der Waals surface area (Å²) in [6.07, 6.45) is 0.0967. The third kappa shape index (κ3) is 3.99. The van der Waals surface area contributed by atoms with E-state index in [2.05, 4.69) is 5.32 Å². The highest BCUT2D eigenvalue weighted by atomic mass is 16.4. The molecule has 6 heteroatoms. The lowest BCUT2D eigenvalue weighted by Crippen LogP contribution is -2.42. The van der Waals surface area contributed by atoms with Gasteiger partial charge in [0.15, 0.2) is 0 Å². The van der Waals surface area contributed by atoms with Gasteiger partial charge in [0.25, 0.3) is 5.91 Å². The van der Waals surface area contributed by atoms with Gasteiger partial charge in [-0.2, -0.15) is 0 Å². The van der Waals surface area contributed by atoms with Crippen molar-refractivity contribution in [1.82, 2.24) is 5.32 Å². The van der Waals surface area contributed by atoms with Crippen molar-refractivity contribution in [1.29, 1.82) is 0 Å². The van der Waals surface area contributed by atoms with E-state index in [4.69, 9.17) is 0 Å². The summed E-state index contributed by atoms with van der Waals surface area (Å²) in [5, 5.41) is 30.0. The van der Waals surface area contributed by atoms with Crippen LogP contribution in [0.15, 0.2) is 48.5 Å². The fourth-order valence-corrected chi connectivity index (χ4v) is 1.92. The van der Waals surface area contributed by atoms with Crippen LogP contribution >= 0.6 is 0 Å². The van der Waals surface area contributed by atoms with Crippen LogP contribution < -0.4 is 5.32 Å². The number of phenols is 2. The van der Waals surface area contributed by atoms with Gasteiger partial charge in [0.05, 0.1) is 0 Å². The Morgan fingerprint density at radius 3 is 1.91 bits per heavy atom. The molecule has 0 aliphatic heterocycles. The van der Waals surface area contributed by atoms with Gasteiger partial charge in [-0.3, -0.25) is 4.79 Å². The summed E-state index contributed by atoms with van der Waals surface area (Å²) >= 11 is 0. The number of rotatable bonds is 5.